The first-order valence-corrected chi connectivity index (χ1v) is 12.9. The van der Waals surface area contributed by atoms with Crippen molar-refractivity contribution in [1.29, 1.82) is 0 Å². The van der Waals surface area contributed by atoms with Crippen LogP contribution in [0.25, 0.3) is 0 Å². The van der Waals surface area contributed by atoms with Gasteiger partial charge in [-0.1, -0.05) is 55.5 Å². The minimum absolute atomic E-state index is 0.0372. The molecule has 2 rings (SSSR count). The summed E-state index contributed by atoms with van der Waals surface area (Å²) in [5.74, 6) is -1.94. The van der Waals surface area contributed by atoms with E-state index >= 15 is 0 Å². The Morgan fingerprint density at radius 2 is 1.64 bits per heavy atom. The number of hydrogen-bond acceptors (Lipinski definition) is 5. The lowest BCUT2D eigenvalue weighted by Gasteiger charge is -2.34. The first-order valence-electron chi connectivity index (χ1n) is 12.9. The number of nitrogens with one attached hydrogen (secondary N) is 2. The molecule has 0 heterocycles. The first kappa shape index (κ1) is 31.1. The zero-order valence-corrected chi connectivity index (χ0v) is 23.7. The summed E-state index contributed by atoms with van der Waals surface area (Å²) in [5, 5.41) is 5.44. The molecule has 0 bridgehead atoms. The number of amides is 4. The highest BCUT2D eigenvalue weighted by atomic mass is 16.6. The Hall–Kier alpha value is -4.14. The second kappa shape index (κ2) is 13.6. The van der Waals surface area contributed by atoms with E-state index in [0.29, 0.717) is 11.3 Å². The number of anilines is 1. The van der Waals surface area contributed by atoms with Gasteiger partial charge in [0.15, 0.2) is 0 Å². The lowest BCUT2D eigenvalue weighted by Crippen LogP contribution is -2.53. The summed E-state index contributed by atoms with van der Waals surface area (Å²) in [6.07, 6.45) is 0.914. The predicted octanol–water partition coefficient (Wildman–Crippen LogP) is 4.33. The van der Waals surface area contributed by atoms with Crippen LogP contribution in [0, 0.1) is 13.8 Å². The highest BCUT2D eigenvalue weighted by molar-refractivity contribution is 6.00. The van der Waals surface area contributed by atoms with Crippen molar-refractivity contribution in [2.45, 2.75) is 72.1 Å². The standard InChI is InChI=1S/C30H40N4O5/c1-8-17-34(28(37)23(18-24(31)35)32-29(38)39-30(5,6)7)26(22-15-13-21(9-2)14-16-22)27(36)33-25-19(3)11-10-12-20(25)4/h8,10-16,23,26H,1,9,17-18H2,2-7H3,(H2,31,35)(H,32,38)(H,33,36). The zero-order chi connectivity index (χ0) is 29.3. The molecule has 0 saturated heterocycles. The van der Waals surface area contributed by atoms with Crippen molar-refractivity contribution in [2.24, 2.45) is 5.73 Å². The first-order chi connectivity index (χ1) is 18.3. The maximum absolute atomic E-state index is 13.9. The maximum atomic E-state index is 13.9. The number of alkyl carbamates (subject to hydrolysis) is 1. The number of nitrogens with two attached hydrogens (primary N) is 1. The summed E-state index contributed by atoms with van der Waals surface area (Å²) in [7, 11) is 0. The Balaban J connectivity index is 2.56. The largest absolute Gasteiger partial charge is 0.444 e. The number of primary amides is 1. The maximum Gasteiger partial charge on any atom is 0.408 e. The summed E-state index contributed by atoms with van der Waals surface area (Å²) in [5.41, 5.74) is 8.58. The number of carbonyl (C=O) groups excluding carboxylic acids is 4. The molecule has 39 heavy (non-hydrogen) atoms. The van der Waals surface area contributed by atoms with Crippen LogP contribution in [0.15, 0.2) is 55.1 Å². The molecule has 2 unspecified atom stereocenters. The third-order valence-electron chi connectivity index (χ3n) is 6.00. The van der Waals surface area contributed by atoms with Gasteiger partial charge in [0.05, 0.1) is 6.42 Å². The molecule has 0 fully saturated rings. The normalized spacial score (nSPS) is 12.6. The van der Waals surface area contributed by atoms with Gasteiger partial charge < -0.3 is 26.0 Å². The van der Waals surface area contributed by atoms with Gasteiger partial charge in [-0.05, 0) is 63.3 Å². The number of nitrogens with zero attached hydrogens (tertiary/aromatic N) is 1. The average molecular weight is 537 g/mol. The van der Waals surface area contributed by atoms with E-state index in [1.165, 1.54) is 11.0 Å². The molecular formula is C30H40N4O5. The Bertz CT molecular complexity index is 1180. The summed E-state index contributed by atoms with van der Waals surface area (Å²) >= 11 is 0. The second-order valence-corrected chi connectivity index (χ2v) is 10.4. The number of benzene rings is 2. The molecule has 2 atom stereocenters. The van der Waals surface area contributed by atoms with Crippen LogP contribution in [0.1, 0.15) is 62.4 Å². The molecule has 9 nitrogen and oxygen atoms in total. The Labute approximate surface area is 230 Å². The van der Waals surface area contributed by atoms with Crippen LogP contribution in [0.4, 0.5) is 10.5 Å². The summed E-state index contributed by atoms with van der Waals surface area (Å²) < 4.78 is 5.29. The van der Waals surface area contributed by atoms with E-state index in [-0.39, 0.29) is 6.54 Å². The topological polar surface area (TPSA) is 131 Å². The smallest absolute Gasteiger partial charge is 0.408 e. The molecule has 2 aromatic rings. The number of hydrogen-bond donors (Lipinski definition) is 3. The van der Waals surface area contributed by atoms with Crippen molar-refractivity contribution in [2.75, 3.05) is 11.9 Å². The lowest BCUT2D eigenvalue weighted by molar-refractivity contribution is -0.141. The van der Waals surface area contributed by atoms with Gasteiger partial charge in [-0.15, -0.1) is 6.58 Å². The minimum atomic E-state index is -1.36. The van der Waals surface area contributed by atoms with Crippen LogP contribution in [-0.4, -0.2) is 46.9 Å². The number of carbonyl (C=O) groups is 4. The van der Waals surface area contributed by atoms with Gasteiger partial charge >= 0.3 is 6.09 Å². The van der Waals surface area contributed by atoms with Crippen molar-refractivity contribution in [1.82, 2.24) is 10.2 Å². The van der Waals surface area contributed by atoms with Crippen LogP contribution in [0.2, 0.25) is 0 Å². The van der Waals surface area contributed by atoms with Gasteiger partial charge in [-0.2, -0.15) is 0 Å². The number of rotatable bonds is 11. The molecular weight excluding hydrogens is 496 g/mol. The molecule has 0 spiro atoms. The van der Waals surface area contributed by atoms with E-state index in [0.717, 1.165) is 23.1 Å². The summed E-state index contributed by atoms with van der Waals surface area (Å²) in [4.78, 5) is 53.5. The SMILES string of the molecule is C=CCN(C(=O)C(CC(N)=O)NC(=O)OC(C)(C)C)C(C(=O)Nc1c(C)cccc1C)c1ccc(CC)cc1. The minimum Gasteiger partial charge on any atom is -0.444 e. The fourth-order valence-corrected chi connectivity index (χ4v) is 4.12. The monoisotopic (exact) mass is 536 g/mol. The molecule has 0 saturated carbocycles. The van der Waals surface area contributed by atoms with Crippen molar-refractivity contribution < 1.29 is 23.9 Å². The molecule has 4 amide bonds. The van der Waals surface area contributed by atoms with Gasteiger partial charge in [0.25, 0.3) is 5.91 Å². The Morgan fingerprint density at radius 3 is 2.13 bits per heavy atom. The molecule has 2 aromatic carbocycles. The lowest BCUT2D eigenvalue weighted by atomic mass is 9.99. The quantitative estimate of drug-likeness (QED) is 0.368. The van der Waals surface area contributed by atoms with E-state index < -0.39 is 47.9 Å². The molecule has 0 aromatic heterocycles. The second-order valence-electron chi connectivity index (χ2n) is 10.4. The molecule has 0 aliphatic heterocycles. The van der Waals surface area contributed by atoms with Crippen LogP contribution in [0.5, 0.6) is 0 Å². The Morgan fingerprint density at radius 1 is 1.05 bits per heavy atom. The number of para-hydroxylation sites is 1. The van der Waals surface area contributed by atoms with E-state index in [1.54, 1.807) is 32.9 Å². The van der Waals surface area contributed by atoms with E-state index in [4.69, 9.17) is 10.5 Å². The third kappa shape index (κ3) is 8.98. The summed E-state index contributed by atoms with van der Waals surface area (Å²) in [6, 6.07) is 10.6. The molecule has 0 aliphatic carbocycles. The van der Waals surface area contributed by atoms with Crippen LogP contribution < -0.4 is 16.4 Å². The van der Waals surface area contributed by atoms with E-state index in [1.807, 2.05) is 51.1 Å². The van der Waals surface area contributed by atoms with Crippen LogP contribution in [0.3, 0.4) is 0 Å². The fraction of sp³-hybridized carbons (Fsp3) is 0.400. The van der Waals surface area contributed by atoms with Crippen molar-refractivity contribution in [3.63, 3.8) is 0 Å². The number of aryl methyl sites for hydroxylation is 3. The van der Waals surface area contributed by atoms with Gasteiger partial charge in [0.1, 0.15) is 17.7 Å². The number of ether oxygens (including phenoxy) is 1. The molecule has 0 radical (unpaired) electrons. The molecule has 9 heteroatoms. The zero-order valence-electron chi connectivity index (χ0n) is 23.7. The van der Waals surface area contributed by atoms with Gasteiger partial charge in [0, 0.05) is 12.2 Å². The third-order valence-corrected chi connectivity index (χ3v) is 6.00. The van der Waals surface area contributed by atoms with Crippen LogP contribution >= 0.6 is 0 Å². The molecule has 210 valence electrons. The van der Waals surface area contributed by atoms with Crippen molar-refractivity contribution in [3.8, 4) is 0 Å². The highest BCUT2D eigenvalue weighted by Crippen LogP contribution is 2.27. The predicted molar refractivity (Wildman–Crippen MR) is 152 cm³/mol. The van der Waals surface area contributed by atoms with Gasteiger partial charge in [0.2, 0.25) is 11.8 Å². The van der Waals surface area contributed by atoms with Gasteiger partial charge in [-0.25, -0.2) is 4.79 Å². The van der Waals surface area contributed by atoms with Crippen LogP contribution in [-0.2, 0) is 25.5 Å². The highest BCUT2D eigenvalue weighted by Gasteiger charge is 2.36. The van der Waals surface area contributed by atoms with Crippen molar-refractivity contribution >= 4 is 29.5 Å². The fourth-order valence-electron chi connectivity index (χ4n) is 4.12. The van der Waals surface area contributed by atoms with Crippen molar-refractivity contribution in [3.05, 3.63) is 77.4 Å². The van der Waals surface area contributed by atoms with E-state index in [2.05, 4.69) is 17.2 Å². The van der Waals surface area contributed by atoms with E-state index in [9.17, 15) is 19.2 Å². The van der Waals surface area contributed by atoms with Gasteiger partial charge in [-0.3, -0.25) is 14.4 Å². The molecule has 0 aliphatic rings. The Kier molecular flexibility index (Phi) is 10.8. The summed E-state index contributed by atoms with van der Waals surface area (Å²) in [6.45, 7) is 14.5. The average Bonchev–Trinajstić information content (AvgIpc) is 2.84. The molecule has 4 N–H and O–H groups in total.